The number of halogens is 1. The first-order valence-corrected chi connectivity index (χ1v) is 7.84. The van der Waals surface area contributed by atoms with Gasteiger partial charge < -0.3 is 4.90 Å². The zero-order valence-corrected chi connectivity index (χ0v) is 12.7. The molecule has 17 heavy (non-hydrogen) atoms. The number of fused-ring (bicyclic) bond motifs is 1. The fourth-order valence-corrected chi connectivity index (χ4v) is 3.90. The molecule has 0 aliphatic heterocycles. The third kappa shape index (κ3) is 2.91. The van der Waals surface area contributed by atoms with Crippen molar-refractivity contribution < 1.29 is 4.79 Å². The molecule has 0 fully saturated rings. The summed E-state index contributed by atoms with van der Waals surface area (Å²) in [6.07, 6.45) is 3.29. The molecule has 0 saturated carbocycles. The van der Waals surface area contributed by atoms with Crippen LogP contribution < -0.4 is 0 Å². The summed E-state index contributed by atoms with van der Waals surface area (Å²) in [6.45, 7) is 2.84. The first-order chi connectivity index (χ1) is 8.09. The lowest BCUT2D eigenvalue weighted by Gasteiger charge is -2.27. The molecule has 1 aromatic heterocycles. The summed E-state index contributed by atoms with van der Waals surface area (Å²) in [6, 6.07) is 2.13. The molecule has 1 aromatic rings. The number of thiophene rings is 1. The minimum atomic E-state index is 0.0984. The molecule has 2 unspecified atom stereocenters. The number of carbonyl (C=O) groups excluding carboxylic acids is 1. The van der Waals surface area contributed by atoms with Gasteiger partial charge in [-0.2, -0.15) is 0 Å². The highest BCUT2D eigenvalue weighted by Gasteiger charge is 2.29. The van der Waals surface area contributed by atoms with Crippen LogP contribution in [0.1, 0.15) is 36.1 Å². The van der Waals surface area contributed by atoms with Crippen LogP contribution in [-0.4, -0.2) is 29.2 Å². The number of carbonyl (C=O) groups is 1. The molecule has 0 N–H and O–H groups in total. The van der Waals surface area contributed by atoms with Gasteiger partial charge in [0.15, 0.2) is 0 Å². The highest BCUT2D eigenvalue weighted by molar-refractivity contribution is 9.09. The summed E-state index contributed by atoms with van der Waals surface area (Å²) in [5, 5.41) is 2.11. The average Bonchev–Trinajstić information content (AvgIpc) is 2.74. The summed E-state index contributed by atoms with van der Waals surface area (Å²) >= 11 is 5.29. The molecule has 0 radical (unpaired) electrons. The van der Waals surface area contributed by atoms with Crippen LogP contribution in [0.5, 0.6) is 0 Å². The number of alkyl halides is 1. The van der Waals surface area contributed by atoms with Crippen LogP contribution in [0, 0.1) is 0 Å². The Morgan fingerprint density at radius 1 is 1.71 bits per heavy atom. The van der Waals surface area contributed by atoms with Crippen LogP contribution in [0.3, 0.4) is 0 Å². The number of amides is 1. The Morgan fingerprint density at radius 2 is 2.47 bits per heavy atom. The number of aryl methyl sites for hydroxylation is 1. The van der Waals surface area contributed by atoms with Crippen LogP contribution in [-0.2, 0) is 11.2 Å². The highest BCUT2D eigenvalue weighted by atomic mass is 79.9. The summed E-state index contributed by atoms with van der Waals surface area (Å²) in [4.78, 5) is 16.0. The number of hydrogen-bond acceptors (Lipinski definition) is 2. The minimum absolute atomic E-state index is 0.0984. The smallest absolute Gasteiger partial charge is 0.229 e. The van der Waals surface area contributed by atoms with E-state index in [9.17, 15) is 4.79 Å². The molecule has 0 spiro atoms. The van der Waals surface area contributed by atoms with Gasteiger partial charge in [0.2, 0.25) is 5.91 Å². The van der Waals surface area contributed by atoms with Gasteiger partial charge in [-0.1, -0.05) is 22.9 Å². The minimum Gasteiger partial charge on any atom is -0.344 e. The van der Waals surface area contributed by atoms with Crippen molar-refractivity contribution >= 4 is 33.2 Å². The summed E-state index contributed by atoms with van der Waals surface area (Å²) in [5.74, 6) is 0.372. The third-order valence-electron chi connectivity index (χ3n) is 3.25. The van der Waals surface area contributed by atoms with Gasteiger partial charge in [-0.15, -0.1) is 11.3 Å². The second-order valence-corrected chi connectivity index (χ2v) is 7.31. The average molecular weight is 316 g/mol. The Morgan fingerprint density at radius 3 is 3.18 bits per heavy atom. The predicted molar refractivity (Wildman–Crippen MR) is 76.0 cm³/mol. The molecule has 2 rings (SSSR count). The second kappa shape index (κ2) is 5.53. The van der Waals surface area contributed by atoms with Crippen molar-refractivity contribution in [3.05, 3.63) is 21.9 Å². The van der Waals surface area contributed by atoms with E-state index in [2.05, 4.69) is 34.3 Å². The van der Waals surface area contributed by atoms with Gasteiger partial charge in [-0.05, 0) is 36.3 Å². The van der Waals surface area contributed by atoms with Gasteiger partial charge in [0.1, 0.15) is 0 Å². The lowest BCUT2D eigenvalue weighted by atomic mass is 9.87. The lowest BCUT2D eigenvalue weighted by molar-refractivity contribution is -0.131. The molecule has 1 amide bonds. The van der Waals surface area contributed by atoms with E-state index in [1.807, 2.05) is 11.9 Å². The second-order valence-electron chi connectivity index (χ2n) is 4.74. The Bertz CT molecular complexity index is 402. The first kappa shape index (κ1) is 13.1. The fraction of sp³-hybridized carbons (Fsp3) is 0.615. The van der Waals surface area contributed by atoms with E-state index in [1.54, 1.807) is 11.3 Å². The van der Waals surface area contributed by atoms with Crippen molar-refractivity contribution in [3.63, 3.8) is 0 Å². The highest BCUT2D eigenvalue weighted by Crippen LogP contribution is 2.35. The van der Waals surface area contributed by atoms with Gasteiger partial charge in [0, 0.05) is 23.3 Å². The molecular weight excluding hydrogens is 298 g/mol. The normalized spacial score (nSPS) is 20.8. The Kier molecular flexibility index (Phi) is 4.26. The van der Waals surface area contributed by atoms with Crippen molar-refractivity contribution in [1.29, 1.82) is 0 Å². The Balaban J connectivity index is 2.11. The number of hydrogen-bond donors (Lipinski definition) is 0. The molecule has 94 valence electrons. The van der Waals surface area contributed by atoms with Gasteiger partial charge in [0.05, 0.1) is 5.92 Å². The van der Waals surface area contributed by atoms with Crippen LogP contribution in [0.15, 0.2) is 11.4 Å². The van der Waals surface area contributed by atoms with Crippen molar-refractivity contribution in [2.75, 3.05) is 13.6 Å². The van der Waals surface area contributed by atoms with Crippen LogP contribution in [0.25, 0.3) is 0 Å². The Hall–Kier alpha value is -0.350. The molecular formula is C13H18BrNOS. The van der Waals surface area contributed by atoms with Gasteiger partial charge in [-0.25, -0.2) is 0 Å². The topological polar surface area (TPSA) is 20.3 Å². The van der Waals surface area contributed by atoms with E-state index in [-0.39, 0.29) is 11.8 Å². The number of likely N-dealkylation sites (N-methyl/N-ethyl adjacent to an activating group) is 1. The zero-order valence-electron chi connectivity index (χ0n) is 10.3. The maximum atomic E-state index is 12.4. The lowest BCUT2D eigenvalue weighted by Crippen LogP contribution is -2.36. The van der Waals surface area contributed by atoms with E-state index in [1.165, 1.54) is 10.4 Å². The van der Waals surface area contributed by atoms with Crippen molar-refractivity contribution in [2.24, 2.45) is 0 Å². The van der Waals surface area contributed by atoms with E-state index < -0.39 is 0 Å². The van der Waals surface area contributed by atoms with Crippen LogP contribution in [0.2, 0.25) is 0 Å². The molecule has 4 heteroatoms. The van der Waals surface area contributed by atoms with Crippen LogP contribution in [0.4, 0.5) is 0 Å². The summed E-state index contributed by atoms with van der Waals surface area (Å²) in [7, 11) is 1.90. The van der Waals surface area contributed by atoms with Gasteiger partial charge in [0.25, 0.3) is 0 Å². The molecule has 2 atom stereocenters. The van der Waals surface area contributed by atoms with Crippen molar-refractivity contribution in [1.82, 2.24) is 4.90 Å². The van der Waals surface area contributed by atoms with Gasteiger partial charge >= 0.3 is 0 Å². The number of rotatable bonds is 3. The first-order valence-electron chi connectivity index (χ1n) is 6.05. The van der Waals surface area contributed by atoms with E-state index >= 15 is 0 Å². The molecule has 1 aliphatic rings. The molecule has 0 bridgehead atoms. The van der Waals surface area contributed by atoms with E-state index in [4.69, 9.17) is 0 Å². The maximum absolute atomic E-state index is 12.4. The van der Waals surface area contributed by atoms with Crippen LogP contribution >= 0.6 is 27.3 Å². The van der Waals surface area contributed by atoms with E-state index in [0.29, 0.717) is 4.83 Å². The standard InChI is InChI=1S/C13H18BrNOS/c1-9(14)8-15(2)13(16)11-4-3-5-12-10(11)6-7-17-12/h6-7,9,11H,3-5,8H2,1-2H3. The molecule has 2 nitrogen and oxygen atoms in total. The SMILES string of the molecule is CC(Br)CN(C)C(=O)C1CCCc2sccc21. The van der Waals surface area contributed by atoms with Crippen molar-refractivity contribution in [2.45, 2.75) is 36.9 Å². The zero-order chi connectivity index (χ0) is 12.4. The van der Waals surface area contributed by atoms with Crippen molar-refractivity contribution in [3.8, 4) is 0 Å². The predicted octanol–water partition coefficient (Wildman–Crippen LogP) is 3.41. The summed E-state index contributed by atoms with van der Waals surface area (Å²) in [5.41, 5.74) is 1.28. The molecule has 0 saturated heterocycles. The van der Waals surface area contributed by atoms with Gasteiger partial charge in [-0.3, -0.25) is 4.79 Å². The number of nitrogens with zero attached hydrogens (tertiary/aromatic N) is 1. The molecule has 1 aliphatic carbocycles. The Labute approximate surface area is 115 Å². The third-order valence-corrected chi connectivity index (χ3v) is 4.54. The van der Waals surface area contributed by atoms with E-state index in [0.717, 1.165) is 25.8 Å². The largest absolute Gasteiger partial charge is 0.344 e. The monoisotopic (exact) mass is 315 g/mol. The summed E-state index contributed by atoms with van der Waals surface area (Å²) < 4.78 is 0. The quantitative estimate of drug-likeness (QED) is 0.783. The molecule has 1 heterocycles. The maximum Gasteiger partial charge on any atom is 0.229 e. The molecule has 0 aromatic carbocycles. The fourth-order valence-electron chi connectivity index (χ4n) is 2.48.